The Labute approximate surface area is 241 Å². The average Bonchev–Trinajstić information content (AvgIpc) is 3.37. The van der Waals surface area contributed by atoms with Crippen molar-refractivity contribution in [1.29, 1.82) is 0 Å². The second-order valence-electron chi connectivity index (χ2n) is 12.3. The fraction of sp³-hybridized carbons (Fsp3) is 0.467. The number of pyridine rings is 1. The van der Waals surface area contributed by atoms with E-state index in [1.807, 2.05) is 6.92 Å². The van der Waals surface area contributed by atoms with Crippen LogP contribution in [0.2, 0.25) is 0 Å². The smallest absolute Gasteiger partial charge is 0.274 e. The molecule has 0 spiro atoms. The van der Waals surface area contributed by atoms with E-state index in [1.54, 1.807) is 13.8 Å². The molecule has 0 unspecified atom stereocenters. The molecule has 5 rings (SSSR count). The van der Waals surface area contributed by atoms with Gasteiger partial charge >= 0.3 is 0 Å². The molecule has 1 saturated heterocycles. The molecule has 9 nitrogen and oxygen atoms in total. The van der Waals surface area contributed by atoms with Crippen molar-refractivity contribution in [3.8, 4) is 11.3 Å². The minimum Gasteiger partial charge on any atom is -0.390 e. The Kier molecular flexibility index (Phi) is 7.88. The molecule has 3 N–H and O–H groups in total. The van der Waals surface area contributed by atoms with E-state index in [0.29, 0.717) is 37.7 Å². The highest BCUT2D eigenvalue weighted by molar-refractivity contribution is 5.94. The first-order chi connectivity index (χ1) is 19.7. The summed E-state index contributed by atoms with van der Waals surface area (Å²) in [7, 11) is 0. The molecular formula is C30H34F3N5O4. The summed E-state index contributed by atoms with van der Waals surface area (Å²) in [5, 5.41) is 20.0. The van der Waals surface area contributed by atoms with Crippen molar-refractivity contribution in [2.45, 2.75) is 75.6 Å². The molecular weight excluding hydrogens is 551 g/mol. The molecule has 2 aliphatic rings. The zero-order valence-corrected chi connectivity index (χ0v) is 23.7. The first-order valence-corrected chi connectivity index (χ1v) is 13.9. The van der Waals surface area contributed by atoms with Crippen LogP contribution in [0.25, 0.3) is 11.3 Å². The number of benzene rings is 1. The highest BCUT2D eigenvalue weighted by Crippen LogP contribution is 2.36. The van der Waals surface area contributed by atoms with E-state index in [9.17, 15) is 27.9 Å². The van der Waals surface area contributed by atoms with E-state index in [4.69, 9.17) is 4.52 Å². The van der Waals surface area contributed by atoms with Gasteiger partial charge in [-0.3, -0.25) is 19.5 Å². The molecule has 3 heterocycles. The molecule has 1 aliphatic carbocycles. The van der Waals surface area contributed by atoms with Crippen molar-refractivity contribution in [3.05, 3.63) is 71.4 Å². The molecule has 0 atom stereocenters. The maximum atomic E-state index is 14.3. The number of rotatable bonds is 8. The Morgan fingerprint density at radius 2 is 1.79 bits per heavy atom. The van der Waals surface area contributed by atoms with Gasteiger partial charge in [-0.25, -0.2) is 13.2 Å². The minimum atomic E-state index is -0.937. The third-order valence-corrected chi connectivity index (χ3v) is 8.20. The Morgan fingerprint density at radius 3 is 2.43 bits per heavy atom. The average molecular weight is 586 g/mol. The summed E-state index contributed by atoms with van der Waals surface area (Å²) in [6.07, 6.45) is 3.94. The summed E-state index contributed by atoms with van der Waals surface area (Å²) < 4.78 is 46.2. The van der Waals surface area contributed by atoms with Crippen molar-refractivity contribution in [1.82, 2.24) is 25.7 Å². The monoisotopic (exact) mass is 585 g/mol. The fourth-order valence-corrected chi connectivity index (χ4v) is 5.83. The number of halogens is 3. The molecule has 2 aromatic heterocycles. The van der Waals surface area contributed by atoms with Crippen LogP contribution in [0.3, 0.4) is 0 Å². The van der Waals surface area contributed by atoms with Crippen LogP contribution in [0.1, 0.15) is 69.1 Å². The van der Waals surface area contributed by atoms with E-state index >= 15 is 0 Å². The van der Waals surface area contributed by atoms with Gasteiger partial charge in [0.1, 0.15) is 17.5 Å². The highest BCUT2D eigenvalue weighted by Gasteiger charge is 2.49. The Hall–Kier alpha value is -3.77. The number of hydrogen-bond acceptors (Lipinski definition) is 7. The maximum absolute atomic E-state index is 14.3. The molecule has 1 saturated carbocycles. The largest absolute Gasteiger partial charge is 0.390 e. The van der Waals surface area contributed by atoms with Crippen LogP contribution in [-0.2, 0) is 10.3 Å². The van der Waals surface area contributed by atoms with E-state index in [1.165, 1.54) is 24.3 Å². The molecule has 1 aliphatic heterocycles. The molecule has 0 bridgehead atoms. The van der Waals surface area contributed by atoms with Crippen molar-refractivity contribution in [2.75, 3.05) is 13.1 Å². The Morgan fingerprint density at radius 1 is 1.10 bits per heavy atom. The third-order valence-electron chi connectivity index (χ3n) is 8.20. The standard InChI is InChI=1S/C30H34F3N5O4/c1-28(2,25-7-5-19(32)15-34-25)35-26(39)14-30(16-38(17-30)20-8-10-29(3,41)11-9-20)36-27(40)23-13-24(42-37-23)21-6-4-18(31)12-22(21)33/h4-7,12-13,15,20,41H,8-11,14,16-17H2,1-3H3,(H,35,39)(H,36,40). The van der Waals surface area contributed by atoms with Crippen LogP contribution < -0.4 is 10.6 Å². The first kappa shape index (κ1) is 29.7. The highest BCUT2D eigenvalue weighted by atomic mass is 19.1. The number of carbonyl (C=O) groups excluding carboxylic acids is 2. The van der Waals surface area contributed by atoms with E-state index < -0.39 is 40.0 Å². The Bertz CT molecular complexity index is 1460. The van der Waals surface area contributed by atoms with Gasteiger partial charge in [0.25, 0.3) is 5.91 Å². The summed E-state index contributed by atoms with van der Waals surface area (Å²) in [4.78, 5) is 32.9. The zero-order chi connectivity index (χ0) is 30.3. The van der Waals surface area contributed by atoms with E-state index in [-0.39, 0.29) is 35.4 Å². The SMILES string of the molecule is CC1(O)CCC(N2CC(CC(=O)NC(C)(C)c3ccc(F)cn3)(NC(=O)c3cc(-c4ccc(F)cc4F)on3)C2)CC1. The lowest BCUT2D eigenvalue weighted by molar-refractivity contribution is -0.127. The predicted molar refractivity (Wildman–Crippen MR) is 146 cm³/mol. The van der Waals surface area contributed by atoms with Crippen LogP contribution in [0.5, 0.6) is 0 Å². The van der Waals surface area contributed by atoms with Gasteiger partial charge in [-0.05, 0) is 70.7 Å². The second kappa shape index (κ2) is 11.1. The van der Waals surface area contributed by atoms with Gasteiger partial charge in [-0.15, -0.1) is 0 Å². The number of aliphatic hydroxyl groups is 1. The van der Waals surface area contributed by atoms with Crippen LogP contribution in [0.4, 0.5) is 13.2 Å². The number of hydrogen-bond donors (Lipinski definition) is 3. The van der Waals surface area contributed by atoms with Crippen LogP contribution in [0.15, 0.2) is 47.1 Å². The number of amides is 2. The van der Waals surface area contributed by atoms with E-state index in [2.05, 4.69) is 25.7 Å². The molecule has 42 heavy (non-hydrogen) atoms. The molecule has 0 radical (unpaired) electrons. The quantitative estimate of drug-likeness (QED) is 0.365. The molecule has 224 valence electrons. The van der Waals surface area contributed by atoms with Crippen molar-refractivity contribution in [2.24, 2.45) is 0 Å². The molecule has 2 amide bonds. The van der Waals surface area contributed by atoms with Crippen LogP contribution >= 0.6 is 0 Å². The van der Waals surface area contributed by atoms with Crippen molar-refractivity contribution in [3.63, 3.8) is 0 Å². The number of likely N-dealkylation sites (tertiary alicyclic amines) is 1. The van der Waals surface area contributed by atoms with Gasteiger partial charge in [-0.1, -0.05) is 5.16 Å². The zero-order valence-electron chi connectivity index (χ0n) is 23.7. The first-order valence-electron chi connectivity index (χ1n) is 13.9. The normalized spacial score (nSPS) is 22.3. The number of carbonyl (C=O) groups is 2. The molecule has 12 heteroatoms. The van der Waals surface area contributed by atoms with Crippen molar-refractivity contribution >= 4 is 11.8 Å². The number of nitrogens with one attached hydrogen (secondary N) is 2. The van der Waals surface area contributed by atoms with E-state index in [0.717, 1.165) is 25.1 Å². The fourth-order valence-electron chi connectivity index (χ4n) is 5.83. The van der Waals surface area contributed by atoms with Gasteiger partial charge in [-0.2, -0.15) is 0 Å². The van der Waals surface area contributed by atoms with Crippen LogP contribution in [0, 0.1) is 17.5 Å². The molecule has 2 fully saturated rings. The van der Waals surface area contributed by atoms with Gasteiger partial charge in [0, 0.05) is 31.3 Å². The van der Waals surface area contributed by atoms with Crippen molar-refractivity contribution < 1.29 is 32.4 Å². The van der Waals surface area contributed by atoms with Gasteiger partial charge in [0.2, 0.25) is 5.91 Å². The Balaban J connectivity index is 1.31. The maximum Gasteiger partial charge on any atom is 0.274 e. The number of aromatic nitrogens is 2. The second-order valence-corrected chi connectivity index (χ2v) is 12.3. The lowest BCUT2D eigenvalue weighted by Gasteiger charge is -2.54. The summed E-state index contributed by atoms with van der Waals surface area (Å²) >= 11 is 0. The predicted octanol–water partition coefficient (Wildman–Crippen LogP) is 4.07. The topological polar surface area (TPSA) is 121 Å². The van der Waals surface area contributed by atoms with Gasteiger partial charge in [0.05, 0.1) is 40.6 Å². The van der Waals surface area contributed by atoms with Crippen LogP contribution in [-0.4, -0.2) is 62.2 Å². The minimum absolute atomic E-state index is 0.0394. The van der Waals surface area contributed by atoms with Gasteiger partial charge < -0.3 is 20.3 Å². The summed E-state index contributed by atoms with van der Waals surface area (Å²) in [5.41, 5.74) is -2.22. The third kappa shape index (κ3) is 6.49. The summed E-state index contributed by atoms with van der Waals surface area (Å²) in [6, 6.07) is 7.23. The lowest BCUT2D eigenvalue weighted by atomic mass is 9.78. The van der Waals surface area contributed by atoms with Gasteiger partial charge in [0.15, 0.2) is 11.5 Å². The summed E-state index contributed by atoms with van der Waals surface area (Å²) in [5.74, 6) is -3.08. The number of nitrogens with zero attached hydrogens (tertiary/aromatic N) is 3. The molecule has 1 aromatic carbocycles. The summed E-state index contributed by atoms with van der Waals surface area (Å²) in [6.45, 7) is 6.12. The molecule has 3 aromatic rings. The lowest BCUT2D eigenvalue weighted by Crippen LogP contribution is -2.73.